The Kier molecular flexibility index (Phi) is 7.25. The normalized spacial score (nSPS) is 18.6. The molecule has 2 heterocycles. The summed E-state index contributed by atoms with van der Waals surface area (Å²) < 4.78 is 31.0. The van der Waals surface area contributed by atoms with Crippen molar-refractivity contribution in [1.82, 2.24) is 14.7 Å². The van der Waals surface area contributed by atoms with Gasteiger partial charge in [-0.15, -0.1) is 0 Å². The number of benzene rings is 2. The van der Waals surface area contributed by atoms with E-state index in [4.69, 9.17) is 10.8 Å². The molecule has 0 amide bonds. The van der Waals surface area contributed by atoms with Crippen LogP contribution in [0.4, 0.5) is 14.5 Å². The summed E-state index contributed by atoms with van der Waals surface area (Å²) in [6, 6.07) is 11.6. The van der Waals surface area contributed by atoms with E-state index < -0.39 is 5.66 Å². The fourth-order valence-corrected chi connectivity index (χ4v) is 7.08. The Morgan fingerprint density at radius 1 is 1.12 bits per heavy atom. The molecule has 0 spiro atoms. The fraction of sp³-hybridized carbons (Fsp3) is 0.406. The summed E-state index contributed by atoms with van der Waals surface area (Å²) in [5, 5.41) is 7.98. The van der Waals surface area contributed by atoms with Gasteiger partial charge in [0.1, 0.15) is 5.70 Å². The monoisotopic (exact) mass is 575 g/mol. The van der Waals surface area contributed by atoms with Gasteiger partial charge in [0.05, 0.1) is 28.8 Å². The van der Waals surface area contributed by atoms with E-state index in [0.29, 0.717) is 35.7 Å². The first-order valence-corrected chi connectivity index (χ1v) is 15.0. The summed E-state index contributed by atoms with van der Waals surface area (Å²) in [7, 11) is 3.13. The SMILES string of the molecule is C=C(N)c1c(C(=C=O)N2CCc3c4c(nn3-c3ccc(C5CCC5)cc3)CCCCC42)ccc(C(F)(F)P)c1NC. The summed E-state index contributed by atoms with van der Waals surface area (Å²) in [4.78, 5) is 14.8. The van der Waals surface area contributed by atoms with Gasteiger partial charge in [-0.2, -0.15) is 13.9 Å². The van der Waals surface area contributed by atoms with Crippen LogP contribution in [-0.4, -0.2) is 34.2 Å². The average molecular weight is 576 g/mol. The van der Waals surface area contributed by atoms with Gasteiger partial charge in [0.2, 0.25) is 0 Å². The number of nitrogens with zero attached hydrogens (tertiary/aromatic N) is 3. The highest BCUT2D eigenvalue weighted by Gasteiger charge is 2.38. The van der Waals surface area contributed by atoms with Crippen molar-refractivity contribution in [2.45, 2.75) is 69.0 Å². The average Bonchev–Trinajstić information content (AvgIpc) is 3.15. The van der Waals surface area contributed by atoms with Crippen molar-refractivity contribution in [1.29, 1.82) is 0 Å². The smallest absolute Gasteiger partial charge is 0.285 e. The maximum atomic E-state index is 14.5. The quantitative estimate of drug-likeness (QED) is 0.247. The molecule has 6 rings (SSSR count). The Morgan fingerprint density at radius 2 is 1.88 bits per heavy atom. The summed E-state index contributed by atoms with van der Waals surface area (Å²) in [6.07, 6.45) is 8.28. The van der Waals surface area contributed by atoms with E-state index in [-0.39, 0.29) is 23.0 Å². The number of aromatic nitrogens is 2. The second kappa shape index (κ2) is 10.7. The predicted molar refractivity (Wildman–Crippen MR) is 163 cm³/mol. The number of nitrogens with two attached hydrogens (primary N) is 1. The van der Waals surface area contributed by atoms with Gasteiger partial charge in [0.25, 0.3) is 5.66 Å². The van der Waals surface area contributed by atoms with E-state index in [1.54, 1.807) is 22.4 Å². The van der Waals surface area contributed by atoms with E-state index >= 15 is 0 Å². The number of nitrogens with one attached hydrogen (secondary N) is 1. The van der Waals surface area contributed by atoms with Crippen molar-refractivity contribution in [2.24, 2.45) is 5.73 Å². The van der Waals surface area contributed by atoms with Gasteiger partial charge in [0, 0.05) is 48.0 Å². The lowest BCUT2D eigenvalue weighted by molar-refractivity contribution is 0.105. The molecule has 6 nitrogen and oxygen atoms in total. The molecule has 0 bridgehead atoms. The molecular formula is C32H36F2N5OP. The zero-order valence-electron chi connectivity index (χ0n) is 23.4. The molecule has 2 unspecified atom stereocenters. The molecule has 0 saturated heterocycles. The van der Waals surface area contributed by atoms with E-state index in [1.165, 1.54) is 42.1 Å². The molecule has 214 valence electrons. The lowest BCUT2D eigenvalue weighted by atomic mass is 9.80. The van der Waals surface area contributed by atoms with Crippen molar-refractivity contribution < 1.29 is 13.6 Å². The minimum atomic E-state index is -3.19. The molecule has 41 heavy (non-hydrogen) atoms. The van der Waals surface area contributed by atoms with Crippen LogP contribution in [0.1, 0.15) is 89.7 Å². The standard InChI is InChI=1S/C32H36F2N5OP/c1-19(35)29-23(14-15-24(31(29)36-2)32(33,34)41)28(18-40)38-17-16-27-30-25(8-3-4-9-26(30)38)37-39(27)22-12-10-21(11-13-22)20-6-5-7-20/h10-15,20,26,36H,1,3-9,16-17,35,41H2,2H3. The molecule has 1 saturated carbocycles. The van der Waals surface area contributed by atoms with Crippen LogP contribution in [0.3, 0.4) is 0 Å². The van der Waals surface area contributed by atoms with Crippen LogP contribution in [0.2, 0.25) is 0 Å². The lowest BCUT2D eigenvalue weighted by Gasteiger charge is -2.38. The van der Waals surface area contributed by atoms with Gasteiger partial charge in [-0.1, -0.05) is 46.9 Å². The summed E-state index contributed by atoms with van der Waals surface area (Å²) in [6.45, 7) is 4.44. The van der Waals surface area contributed by atoms with Crippen LogP contribution in [-0.2, 0) is 23.3 Å². The van der Waals surface area contributed by atoms with Crippen LogP contribution in [0.15, 0.2) is 43.0 Å². The van der Waals surface area contributed by atoms with Crippen molar-refractivity contribution in [3.05, 3.63) is 82.2 Å². The van der Waals surface area contributed by atoms with E-state index in [0.717, 1.165) is 37.1 Å². The molecule has 3 N–H and O–H groups in total. The molecule has 2 atom stereocenters. The number of hydrogen-bond donors (Lipinski definition) is 2. The third kappa shape index (κ3) is 4.77. The number of rotatable bonds is 7. The van der Waals surface area contributed by atoms with Gasteiger partial charge in [0.15, 0.2) is 5.94 Å². The van der Waals surface area contributed by atoms with E-state index in [2.05, 4.69) is 51.7 Å². The molecule has 2 aliphatic carbocycles. The Morgan fingerprint density at radius 3 is 2.49 bits per heavy atom. The van der Waals surface area contributed by atoms with Crippen LogP contribution >= 0.6 is 9.24 Å². The molecule has 1 aliphatic heterocycles. The van der Waals surface area contributed by atoms with Gasteiger partial charge in [-0.25, -0.2) is 9.48 Å². The second-order valence-electron chi connectivity index (χ2n) is 11.4. The number of halogens is 2. The Hall–Kier alpha value is -3.47. The maximum Gasteiger partial charge on any atom is 0.285 e. The Balaban J connectivity index is 1.42. The van der Waals surface area contributed by atoms with E-state index in [9.17, 15) is 13.6 Å². The topological polar surface area (TPSA) is 76.2 Å². The zero-order valence-corrected chi connectivity index (χ0v) is 24.5. The molecule has 2 aromatic carbocycles. The molecule has 0 radical (unpaired) electrons. The number of hydrogen-bond acceptors (Lipinski definition) is 5. The van der Waals surface area contributed by atoms with Crippen LogP contribution < -0.4 is 11.1 Å². The first-order chi connectivity index (χ1) is 19.7. The van der Waals surface area contributed by atoms with Gasteiger partial charge < -0.3 is 16.0 Å². The Labute approximate surface area is 241 Å². The number of alkyl halides is 2. The second-order valence-corrected chi connectivity index (χ2v) is 12.1. The summed E-state index contributed by atoms with van der Waals surface area (Å²) >= 11 is 0. The minimum absolute atomic E-state index is 0.0736. The first kappa shape index (κ1) is 27.7. The highest BCUT2D eigenvalue weighted by atomic mass is 31.0. The molecule has 3 aromatic rings. The molecule has 1 fully saturated rings. The van der Waals surface area contributed by atoms with Gasteiger partial charge >= 0.3 is 0 Å². The fourth-order valence-electron chi connectivity index (χ4n) is 6.84. The van der Waals surface area contributed by atoms with Crippen molar-refractivity contribution in [2.75, 3.05) is 18.9 Å². The summed E-state index contributed by atoms with van der Waals surface area (Å²) in [5.74, 6) is 2.84. The van der Waals surface area contributed by atoms with E-state index in [1.807, 2.05) is 0 Å². The van der Waals surface area contributed by atoms with Crippen molar-refractivity contribution in [3.63, 3.8) is 0 Å². The zero-order chi connectivity index (χ0) is 28.9. The predicted octanol–water partition coefficient (Wildman–Crippen LogP) is 6.53. The maximum absolute atomic E-state index is 14.5. The number of carbonyl (C=O) groups excluding carboxylic acids is 1. The van der Waals surface area contributed by atoms with Gasteiger partial charge in [-0.05, 0) is 61.8 Å². The molecule has 9 heteroatoms. The molecule has 3 aliphatic rings. The van der Waals surface area contributed by atoms with Crippen LogP contribution in [0.25, 0.3) is 17.1 Å². The highest BCUT2D eigenvalue weighted by molar-refractivity contribution is 7.17. The highest BCUT2D eigenvalue weighted by Crippen LogP contribution is 2.47. The molecular weight excluding hydrogens is 539 g/mol. The largest absolute Gasteiger partial charge is 0.399 e. The van der Waals surface area contributed by atoms with Crippen molar-refractivity contribution in [3.8, 4) is 5.69 Å². The Bertz CT molecular complexity index is 1550. The number of aryl methyl sites for hydroxylation is 1. The summed E-state index contributed by atoms with van der Waals surface area (Å²) in [5.41, 5.74) is 9.95. The van der Waals surface area contributed by atoms with Crippen LogP contribution in [0.5, 0.6) is 0 Å². The first-order valence-electron chi connectivity index (χ1n) is 14.4. The minimum Gasteiger partial charge on any atom is -0.399 e. The van der Waals surface area contributed by atoms with Gasteiger partial charge in [-0.3, -0.25) is 0 Å². The van der Waals surface area contributed by atoms with Crippen LogP contribution in [0, 0.1) is 0 Å². The number of anilines is 1. The third-order valence-corrected chi connectivity index (χ3v) is 9.34. The lowest BCUT2D eigenvalue weighted by Crippen LogP contribution is -2.35. The molecule has 1 aromatic heterocycles. The van der Waals surface area contributed by atoms with Crippen molar-refractivity contribution >= 4 is 32.3 Å². The third-order valence-electron chi connectivity index (χ3n) is 9.03.